The van der Waals surface area contributed by atoms with Gasteiger partial charge in [-0.3, -0.25) is 0 Å². The first-order valence-electron chi connectivity index (χ1n) is 6.85. The van der Waals surface area contributed by atoms with Crippen LogP contribution in [0.2, 0.25) is 10.2 Å². The van der Waals surface area contributed by atoms with Gasteiger partial charge in [-0.05, 0) is 30.3 Å². The van der Waals surface area contributed by atoms with E-state index in [0.29, 0.717) is 22.4 Å². The summed E-state index contributed by atoms with van der Waals surface area (Å²) >= 11 is 12.3. The van der Waals surface area contributed by atoms with Gasteiger partial charge < -0.3 is 10.4 Å². The first-order chi connectivity index (χ1) is 11.0. The molecule has 3 aromatic rings. The molecule has 0 saturated heterocycles. The number of carbonyl (C=O) groups is 1. The third kappa shape index (κ3) is 3.38. The average molecular weight is 347 g/mol. The number of nitrogens with zero attached hydrogens (tertiary/aromatic N) is 1. The Kier molecular flexibility index (Phi) is 4.37. The Morgan fingerprint density at radius 3 is 2.70 bits per heavy atom. The normalized spacial score (nSPS) is 10.7. The predicted octanol–water partition coefficient (Wildman–Crippen LogP) is 4.85. The average Bonchev–Trinajstić information content (AvgIpc) is 2.54. The van der Waals surface area contributed by atoms with E-state index in [1.165, 1.54) is 12.1 Å². The molecular formula is C17H12Cl2N2O2. The molecule has 2 N–H and O–H groups in total. The largest absolute Gasteiger partial charge is 0.478 e. The van der Waals surface area contributed by atoms with Gasteiger partial charge in [0.15, 0.2) is 0 Å². The van der Waals surface area contributed by atoms with E-state index in [1.807, 2.05) is 30.3 Å². The summed E-state index contributed by atoms with van der Waals surface area (Å²) in [6.07, 6.45) is 0. The second-order valence-electron chi connectivity index (χ2n) is 4.98. The molecule has 2 aromatic carbocycles. The van der Waals surface area contributed by atoms with Crippen LogP contribution in [0.25, 0.3) is 10.9 Å². The molecule has 0 aliphatic carbocycles. The summed E-state index contributed by atoms with van der Waals surface area (Å²) in [4.78, 5) is 15.4. The molecule has 0 radical (unpaired) electrons. The summed E-state index contributed by atoms with van der Waals surface area (Å²) in [6.45, 7) is 0.388. The molecule has 0 aliphatic heterocycles. The summed E-state index contributed by atoms with van der Waals surface area (Å²) in [5.74, 6) is -1.00. The van der Waals surface area contributed by atoms with E-state index >= 15 is 0 Å². The van der Waals surface area contributed by atoms with E-state index in [9.17, 15) is 4.79 Å². The number of hydrogen-bond donors (Lipinski definition) is 2. The molecule has 0 bridgehead atoms. The molecule has 0 aliphatic rings. The quantitative estimate of drug-likeness (QED) is 0.662. The number of anilines is 1. The fourth-order valence-electron chi connectivity index (χ4n) is 2.24. The Bertz CT molecular complexity index is 897. The lowest BCUT2D eigenvalue weighted by Crippen LogP contribution is -2.04. The zero-order valence-electron chi connectivity index (χ0n) is 11.9. The zero-order valence-corrected chi connectivity index (χ0v) is 13.4. The van der Waals surface area contributed by atoms with Crippen molar-refractivity contribution in [2.24, 2.45) is 0 Å². The highest BCUT2D eigenvalue weighted by Crippen LogP contribution is 2.26. The van der Waals surface area contributed by atoms with E-state index in [4.69, 9.17) is 28.3 Å². The van der Waals surface area contributed by atoms with Gasteiger partial charge in [-0.25, -0.2) is 9.78 Å². The zero-order chi connectivity index (χ0) is 16.4. The number of para-hydroxylation sites is 1. The van der Waals surface area contributed by atoms with E-state index in [0.717, 1.165) is 16.5 Å². The van der Waals surface area contributed by atoms with Gasteiger partial charge in [-0.15, -0.1) is 0 Å². The van der Waals surface area contributed by atoms with Crippen molar-refractivity contribution in [3.63, 3.8) is 0 Å². The molecular weight excluding hydrogens is 335 g/mol. The molecule has 0 saturated carbocycles. The maximum absolute atomic E-state index is 11.0. The fraction of sp³-hybridized carbons (Fsp3) is 0.0588. The molecule has 3 rings (SSSR count). The summed E-state index contributed by atoms with van der Waals surface area (Å²) in [6, 6.07) is 14.1. The molecule has 23 heavy (non-hydrogen) atoms. The van der Waals surface area contributed by atoms with Gasteiger partial charge in [0.2, 0.25) is 0 Å². The number of carboxylic acids is 1. The van der Waals surface area contributed by atoms with E-state index in [1.54, 1.807) is 6.07 Å². The van der Waals surface area contributed by atoms with Crippen molar-refractivity contribution >= 4 is 45.8 Å². The number of aromatic carboxylic acids is 1. The van der Waals surface area contributed by atoms with Crippen molar-refractivity contribution in [1.29, 1.82) is 0 Å². The molecule has 0 unspecified atom stereocenters. The van der Waals surface area contributed by atoms with Crippen LogP contribution in [0.4, 0.5) is 5.69 Å². The van der Waals surface area contributed by atoms with Crippen LogP contribution in [0.3, 0.4) is 0 Å². The van der Waals surface area contributed by atoms with Crippen molar-refractivity contribution < 1.29 is 9.90 Å². The van der Waals surface area contributed by atoms with Crippen LogP contribution in [0.1, 0.15) is 15.9 Å². The summed E-state index contributed by atoms with van der Waals surface area (Å²) < 4.78 is 0. The van der Waals surface area contributed by atoms with E-state index in [-0.39, 0.29) is 5.56 Å². The highest BCUT2D eigenvalue weighted by atomic mass is 35.5. The van der Waals surface area contributed by atoms with Gasteiger partial charge in [0.25, 0.3) is 0 Å². The Morgan fingerprint density at radius 2 is 1.91 bits per heavy atom. The number of hydrogen-bond acceptors (Lipinski definition) is 3. The Balaban J connectivity index is 1.87. The minimum Gasteiger partial charge on any atom is -0.478 e. The Labute approximate surface area is 142 Å². The molecule has 0 amide bonds. The number of fused-ring (bicyclic) bond motifs is 1. The van der Waals surface area contributed by atoms with Crippen molar-refractivity contribution in [2.45, 2.75) is 6.54 Å². The topological polar surface area (TPSA) is 62.2 Å². The van der Waals surface area contributed by atoms with Crippen LogP contribution < -0.4 is 5.32 Å². The molecule has 1 aromatic heterocycles. The molecule has 0 atom stereocenters. The van der Waals surface area contributed by atoms with Crippen molar-refractivity contribution in [2.75, 3.05) is 5.32 Å². The van der Waals surface area contributed by atoms with Crippen LogP contribution in [0.5, 0.6) is 0 Å². The first kappa shape index (κ1) is 15.6. The van der Waals surface area contributed by atoms with Crippen LogP contribution in [-0.2, 0) is 6.54 Å². The third-order valence-corrected chi connectivity index (χ3v) is 4.09. The lowest BCUT2D eigenvalue weighted by Gasteiger charge is -2.11. The van der Waals surface area contributed by atoms with Crippen LogP contribution in [0, 0.1) is 0 Å². The first-order valence-corrected chi connectivity index (χ1v) is 7.61. The number of halogens is 2. The van der Waals surface area contributed by atoms with Crippen LogP contribution in [0.15, 0.2) is 48.5 Å². The third-order valence-electron chi connectivity index (χ3n) is 3.43. The SMILES string of the molecule is O=C(O)c1ccc(Cl)c(NCc2cc3ccccc3nc2Cl)c1. The smallest absolute Gasteiger partial charge is 0.335 e. The minimum atomic E-state index is -1.00. The van der Waals surface area contributed by atoms with Crippen molar-refractivity contribution in [3.05, 3.63) is 69.8 Å². The van der Waals surface area contributed by atoms with Crippen molar-refractivity contribution in [1.82, 2.24) is 4.98 Å². The second-order valence-corrected chi connectivity index (χ2v) is 5.75. The lowest BCUT2D eigenvalue weighted by atomic mass is 10.1. The number of rotatable bonds is 4. The van der Waals surface area contributed by atoms with Crippen molar-refractivity contribution in [3.8, 4) is 0 Å². The number of pyridine rings is 1. The fourth-order valence-corrected chi connectivity index (χ4v) is 2.64. The van der Waals surface area contributed by atoms with Crippen LogP contribution >= 0.6 is 23.2 Å². The van der Waals surface area contributed by atoms with Gasteiger partial charge >= 0.3 is 5.97 Å². The maximum Gasteiger partial charge on any atom is 0.335 e. The number of benzene rings is 2. The summed E-state index contributed by atoms with van der Waals surface area (Å²) in [7, 11) is 0. The summed E-state index contributed by atoms with van der Waals surface area (Å²) in [5.41, 5.74) is 2.34. The number of aromatic nitrogens is 1. The number of nitrogens with one attached hydrogen (secondary N) is 1. The Hall–Kier alpha value is -2.30. The predicted molar refractivity (Wildman–Crippen MR) is 92.5 cm³/mol. The standard InChI is InChI=1S/C17H12Cl2N2O2/c18-13-6-5-11(17(22)23)8-15(13)20-9-12-7-10-3-1-2-4-14(10)21-16(12)19/h1-8,20H,9H2,(H,22,23). The minimum absolute atomic E-state index is 0.166. The highest BCUT2D eigenvalue weighted by Gasteiger charge is 2.09. The monoisotopic (exact) mass is 346 g/mol. The Morgan fingerprint density at radius 1 is 1.13 bits per heavy atom. The molecule has 116 valence electrons. The summed E-state index contributed by atoms with van der Waals surface area (Å²) in [5, 5.41) is 14.0. The van der Waals surface area contributed by atoms with Gasteiger partial charge in [0.1, 0.15) is 5.15 Å². The van der Waals surface area contributed by atoms with Gasteiger partial charge in [0, 0.05) is 17.5 Å². The van der Waals surface area contributed by atoms with E-state index in [2.05, 4.69) is 10.3 Å². The molecule has 1 heterocycles. The van der Waals surface area contributed by atoms with E-state index < -0.39 is 5.97 Å². The second kappa shape index (κ2) is 6.44. The molecule has 0 fully saturated rings. The van der Waals surface area contributed by atoms with Gasteiger partial charge in [-0.2, -0.15) is 0 Å². The highest BCUT2D eigenvalue weighted by molar-refractivity contribution is 6.33. The van der Waals surface area contributed by atoms with Crippen LogP contribution in [-0.4, -0.2) is 16.1 Å². The molecule has 0 spiro atoms. The van der Waals surface area contributed by atoms with Gasteiger partial charge in [-0.1, -0.05) is 41.4 Å². The lowest BCUT2D eigenvalue weighted by molar-refractivity contribution is 0.0697. The molecule has 4 nitrogen and oxygen atoms in total. The number of carboxylic acid groups (broad SMARTS) is 1. The van der Waals surface area contributed by atoms with Gasteiger partial charge in [0.05, 0.1) is 21.8 Å². The maximum atomic E-state index is 11.0. The molecule has 6 heteroatoms.